The molecular weight excluding hydrogens is 292 g/mol. The summed E-state index contributed by atoms with van der Waals surface area (Å²) in [6, 6.07) is 0. The van der Waals surface area contributed by atoms with Crippen molar-refractivity contribution < 1.29 is 9.59 Å². The van der Waals surface area contributed by atoms with Crippen LogP contribution in [0.3, 0.4) is 0 Å². The number of carbonyl (C=O) groups excluding carboxylic acids is 2. The lowest BCUT2D eigenvalue weighted by Gasteiger charge is -2.32. The molecule has 2 aromatic rings. The minimum atomic E-state index is 0.0343. The normalized spacial score (nSPS) is 33.8. The molecule has 5 rings (SSSR count). The van der Waals surface area contributed by atoms with Crippen LogP contribution in [-0.4, -0.2) is 21.5 Å². The number of ketones is 2. The Morgan fingerprint density at radius 3 is 1.70 bits per heavy atom. The van der Waals surface area contributed by atoms with Crippen LogP contribution in [0.25, 0.3) is 0 Å². The molecule has 0 saturated heterocycles. The molecule has 2 aromatic heterocycles. The van der Waals surface area contributed by atoms with E-state index in [2.05, 4.69) is 9.97 Å². The van der Waals surface area contributed by atoms with Gasteiger partial charge in [-0.2, -0.15) is 0 Å². The van der Waals surface area contributed by atoms with Gasteiger partial charge < -0.3 is 0 Å². The highest BCUT2D eigenvalue weighted by Crippen LogP contribution is 2.57. The Morgan fingerprint density at radius 1 is 0.800 bits per heavy atom. The number of fused-ring (bicyclic) bond motifs is 6. The van der Waals surface area contributed by atoms with E-state index in [1.54, 1.807) is 33.7 Å². The second kappa shape index (κ2) is 3.62. The molecule has 1 fully saturated rings. The van der Waals surface area contributed by atoms with Gasteiger partial charge in [0, 0.05) is 33.4 Å². The Hall–Kier alpha value is -1.40. The molecule has 0 aliphatic heterocycles. The van der Waals surface area contributed by atoms with Crippen LogP contribution < -0.4 is 0 Å². The van der Waals surface area contributed by atoms with E-state index in [1.807, 2.05) is 0 Å². The Balaban J connectivity index is 1.60. The highest BCUT2D eigenvalue weighted by Gasteiger charge is 2.54. The first-order valence-electron chi connectivity index (χ1n) is 6.71. The van der Waals surface area contributed by atoms with Gasteiger partial charge in [-0.25, -0.2) is 9.97 Å². The third-order valence-electron chi connectivity index (χ3n) is 4.99. The van der Waals surface area contributed by atoms with Gasteiger partial charge in [0.1, 0.15) is 11.4 Å². The second-order valence-electron chi connectivity index (χ2n) is 5.76. The molecule has 2 heterocycles. The van der Waals surface area contributed by atoms with Crippen LogP contribution in [-0.2, 0) is 0 Å². The molecule has 3 aliphatic carbocycles. The second-order valence-corrected chi connectivity index (χ2v) is 7.53. The molecule has 0 aromatic carbocycles. The van der Waals surface area contributed by atoms with E-state index < -0.39 is 0 Å². The summed E-state index contributed by atoms with van der Waals surface area (Å²) in [5, 5.41) is 0. The molecule has 4 atom stereocenters. The first kappa shape index (κ1) is 11.3. The summed E-state index contributed by atoms with van der Waals surface area (Å²) in [5.74, 6) is 0.873. The third-order valence-corrected chi connectivity index (χ3v) is 6.91. The van der Waals surface area contributed by atoms with E-state index in [-0.39, 0.29) is 35.2 Å². The first-order valence-corrected chi connectivity index (χ1v) is 8.47. The highest BCUT2D eigenvalue weighted by atomic mass is 32.1. The summed E-state index contributed by atoms with van der Waals surface area (Å²) in [6.07, 6.45) is 1.58. The molecule has 4 unspecified atom stereocenters. The number of carbonyl (C=O) groups is 2. The van der Waals surface area contributed by atoms with Gasteiger partial charge in [0.15, 0.2) is 11.6 Å². The van der Waals surface area contributed by atoms with Gasteiger partial charge in [-0.15, -0.1) is 22.7 Å². The Kier molecular flexibility index (Phi) is 2.04. The molecule has 0 spiro atoms. The molecule has 6 heteroatoms. The fourth-order valence-electron chi connectivity index (χ4n) is 4.12. The van der Waals surface area contributed by atoms with Crippen LogP contribution in [0.2, 0.25) is 0 Å². The van der Waals surface area contributed by atoms with E-state index in [0.29, 0.717) is 11.4 Å². The van der Waals surface area contributed by atoms with E-state index in [4.69, 9.17) is 0 Å². The SMILES string of the molecule is O=C1c2ncsc2C2CC3C(=O)c4ncsc4C3CC12. The Bertz CT molecular complexity index is 699. The summed E-state index contributed by atoms with van der Waals surface area (Å²) in [5.41, 5.74) is 4.84. The summed E-state index contributed by atoms with van der Waals surface area (Å²) in [6.45, 7) is 0. The van der Waals surface area contributed by atoms with Crippen LogP contribution in [0.4, 0.5) is 0 Å². The number of hydrogen-bond donors (Lipinski definition) is 0. The first-order chi connectivity index (χ1) is 9.75. The summed E-state index contributed by atoms with van der Waals surface area (Å²) in [7, 11) is 0. The van der Waals surface area contributed by atoms with Crippen LogP contribution >= 0.6 is 22.7 Å². The fourth-order valence-corrected chi connectivity index (χ4v) is 6.06. The molecular formula is C14H10N2O2S2. The van der Waals surface area contributed by atoms with Gasteiger partial charge in [0.25, 0.3) is 0 Å². The monoisotopic (exact) mass is 302 g/mol. The molecule has 3 aliphatic rings. The van der Waals surface area contributed by atoms with Crippen molar-refractivity contribution in [3.63, 3.8) is 0 Å². The van der Waals surface area contributed by atoms with Crippen LogP contribution in [0.1, 0.15) is 55.4 Å². The maximum atomic E-state index is 12.5. The molecule has 0 radical (unpaired) electrons. The van der Waals surface area contributed by atoms with Crippen molar-refractivity contribution in [3.05, 3.63) is 32.2 Å². The van der Waals surface area contributed by atoms with Gasteiger partial charge in [0.2, 0.25) is 0 Å². The largest absolute Gasteiger partial charge is 0.292 e. The van der Waals surface area contributed by atoms with Gasteiger partial charge in [-0.1, -0.05) is 0 Å². The maximum absolute atomic E-state index is 12.5. The summed E-state index contributed by atoms with van der Waals surface area (Å²) in [4.78, 5) is 35.6. The van der Waals surface area contributed by atoms with Crippen molar-refractivity contribution in [2.24, 2.45) is 11.8 Å². The van der Waals surface area contributed by atoms with Crippen LogP contribution in [0.15, 0.2) is 11.0 Å². The highest BCUT2D eigenvalue weighted by molar-refractivity contribution is 7.10. The number of nitrogens with zero attached hydrogens (tertiary/aromatic N) is 2. The zero-order chi connectivity index (χ0) is 13.4. The number of aromatic nitrogens is 2. The molecule has 0 bridgehead atoms. The van der Waals surface area contributed by atoms with Gasteiger partial charge >= 0.3 is 0 Å². The molecule has 4 nitrogen and oxygen atoms in total. The zero-order valence-corrected chi connectivity index (χ0v) is 12.0. The van der Waals surface area contributed by atoms with Crippen molar-refractivity contribution in [1.82, 2.24) is 9.97 Å². The smallest absolute Gasteiger partial charge is 0.186 e. The number of Topliss-reactive ketones (excluding diaryl/α,β-unsaturated/α-hetero) is 2. The molecule has 100 valence electrons. The zero-order valence-electron chi connectivity index (χ0n) is 10.4. The average Bonchev–Trinajstić information content (AvgIpc) is 3.17. The standard InChI is InChI=1S/C14H10N2O2S2/c17-11-5-1-7-6(12(18)10-13(7)19-3-16-10)2-8(5)14-9(11)15-4-20-14/h3-8H,1-2H2. The van der Waals surface area contributed by atoms with E-state index in [1.165, 1.54) is 0 Å². The molecule has 1 saturated carbocycles. The van der Waals surface area contributed by atoms with Crippen molar-refractivity contribution in [3.8, 4) is 0 Å². The quantitative estimate of drug-likeness (QED) is 0.751. The number of hydrogen-bond acceptors (Lipinski definition) is 6. The van der Waals surface area contributed by atoms with Crippen molar-refractivity contribution in [2.75, 3.05) is 0 Å². The predicted octanol–water partition coefficient (Wildman–Crippen LogP) is 2.89. The van der Waals surface area contributed by atoms with Crippen LogP contribution in [0.5, 0.6) is 0 Å². The Morgan fingerprint density at radius 2 is 1.25 bits per heavy atom. The van der Waals surface area contributed by atoms with E-state index >= 15 is 0 Å². The van der Waals surface area contributed by atoms with Crippen molar-refractivity contribution in [2.45, 2.75) is 24.7 Å². The lowest BCUT2D eigenvalue weighted by molar-refractivity contribution is 0.0786. The summed E-state index contributed by atoms with van der Waals surface area (Å²) < 4.78 is 0. The van der Waals surface area contributed by atoms with Gasteiger partial charge in [0.05, 0.1) is 11.0 Å². The van der Waals surface area contributed by atoms with Crippen molar-refractivity contribution >= 4 is 34.2 Å². The maximum Gasteiger partial charge on any atom is 0.186 e. The third kappa shape index (κ3) is 1.18. The fraction of sp³-hybridized carbons (Fsp3) is 0.429. The molecule has 0 N–H and O–H groups in total. The van der Waals surface area contributed by atoms with E-state index in [0.717, 1.165) is 22.6 Å². The molecule has 0 amide bonds. The molecule has 20 heavy (non-hydrogen) atoms. The average molecular weight is 302 g/mol. The van der Waals surface area contributed by atoms with Crippen LogP contribution in [0, 0.1) is 11.8 Å². The topological polar surface area (TPSA) is 59.9 Å². The minimum Gasteiger partial charge on any atom is -0.292 e. The number of thiazole rings is 2. The lowest BCUT2D eigenvalue weighted by Crippen LogP contribution is -2.29. The van der Waals surface area contributed by atoms with Gasteiger partial charge in [-0.05, 0) is 12.8 Å². The lowest BCUT2D eigenvalue weighted by atomic mass is 9.70. The minimum absolute atomic E-state index is 0.0343. The van der Waals surface area contributed by atoms with Gasteiger partial charge in [-0.3, -0.25) is 9.59 Å². The predicted molar refractivity (Wildman–Crippen MR) is 74.6 cm³/mol. The number of rotatable bonds is 0. The van der Waals surface area contributed by atoms with Crippen molar-refractivity contribution in [1.29, 1.82) is 0 Å². The Labute approximate surface area is 122 Å². The van der Waals surface area contributed by atoms with E-state index in [9.17, 15) is 9.59 Å². The summed E-state index contributed by atoms with van der Waals surface area (Å²) >= 11 is 3.13.